The minimum Gasteiger partial charge on any atom is -0.329 e. The number of benzene rings is 1. The lowest BCUT2D eigenvalue weighted by Crippen LogP contribution is -2.43. The summed E-state index contributed by atoms with van der Waals surface area (Å²) in [6.07, 6.45) is 0.945. The van der Waals surface area contributed by atoms with Crippen LogP contribution >= 0.6 is 0 Å². The van der Waals surface area contributed by atoms with E-state index in [-0.39, 0.29) is 13.1 Å². The number of hydrogen-bond donors (Lipinski definition) is 1. The van der Waals surface area contributed by atoms with Crippen LogP contribution in [0.15, 0.2) is 17.0 Å². The Labute approximate surface area is 122 Å². The van der Waals surface area contributed by atoms with Crippen molar-refractivity contribution in [1.82, 2.24) is 4.31 Å². The first-order valence-corrected chi connectivity index (χ1v) is 8.10. The molecule has 2 N–H and O–H groups in total. The van der Waals surface area contributed by atoms with Crippen LogP contribution in [0.25, 0.3) is 0 Å². The lowest BCUT2D eigenvalue weighted by atomic mass is 10.2. The Morgan fingerprint density at radius 3 is 2.00 bits per heavy atom. The summed E-state index contributed by atoms with van der Waals surface area (Å²) in [5.74, 6) is -4.06. The Balaban J connectivity index is 3.43. The first kappa shape index (κ1) is 17.9. The van der Waals surface area contributed by atoms with E-state index in [4.69, 9.17) is 5.73 Å². The monoisotopic (exact) mass is 324 g/mol. The molecule has 4 nitrogen and oxygen atoms in total. The quantitative estimate of drug-likeness (QED) is 0.836. The highest BCUT2D eigenvalue weighted by Crippen LogP contribution is 2.26. The van der Waals surface area contributed by atoms with Gasteiger partial charge >= 0.3 is 0 Å². The van der Waals surface area contributed by atoms with Gasteiger partial charge in [-0.1, -0.05) is 13.8 Å². The zero-order chi connectivity index (χ0) is 16.2. The lowest BCUT2D eigenvalue weighted by molar-refractivity contribution is 0.306. The van der Waals surface area contributed by atoms with Gasteiger partial charge in [-0.15, -0.1) is 0 Å². The predicted octanol–water partition coefficient (Wildman–Crippen LogP) is 2.24. The van der Waals surface area contributed by atoms with Gasteiger partial charge in [0.15, 0.2) is 4.90 Å². The molecule has 0 spiro atoms. The van der Waals surface area contributed by atoms with Gasteiger partial charge in [0.05, 0.1) is 0 Å². The molecule has 0 fully saturated rings. The number of rotatable bonds is 7. The van der Waals surface area contributed by atoms with E-state index in [1.807, 2.05) is 0 Å². The molecule has 0 saturated heterocycles. The molecule has 0 saturated carbocycles. The highest BCUT2D eigenvalue weighted by Gasteiger charge is 2.34. The van der Waals surface area contributed by atoms with Gasteiger partial charge in [-0.2, -0.15) is 4.31 Å². The average Bonchev–Trinajstić information content (AvgIpc) is 2.37. The number of nitrogens with two attached hydrogens (primary N) is 1. The Bertz CT molecular complexity index is 566. The van der Waals surface area contributed by atoms with Crippen LogP contribution in [0.1, 0.15) is 26.7 Å². The summed E-state index contributed by atoms with van der Waals surface area (Å²) in [7, 11) is -4.43. The summed E-state index contributed by atoms with van der Waals surface area (Å²) in [5, 5.41) is 0. The third-order valence-electron chi connectivity index (χ3n) is 3.23. The normalized spacial score (nSPS) is 12.4. The Kier molecular flexibility index (Phi) is 6.18. The van der Waals surface area contributed by atoms with Crippen LogP contribution < -0.4 is 5.73 Å². The van der Waals surface area contributed by atoms with Gasteiger partial charge in [-0.05, 0) is 12.8 Å². The maximum atomic E-state index is 13.8. The number of nitrogens with zero attached hydrogens (tertiary/aromatic N) is 1. The minimum absolute atomic E-state index is 0.0141. The van der Waals surface area contributed by atoms with Crippen molar-refractivity contribution in [2.24, 2.45) is 5.73 Å². The van der Waals surface area contributed by atoms with Gasteiger partial charge in [0.2, 0.25) is 10.0 Å². The zero-order valence-electron chi connectivity index (χ0n) is 11.9. The molecule has 0 aliphatic carbocycles. The second kappa shape index (κ2) is 7.24. The van der Waals surface area contributed by atoms with Gasteiger partial charge in [0.1, 0.15) is 17.5 Å². The molecule has 21 heavy (non-hydrogen) atoms. The van der Waals surface area contributed by atoms with Crippen LogP contribution in [0.4, 0.5) is 13.2 Å². The molecule has 1 aromatic carbocycles. The van der Waals surface area contributed by atoms with Crippen LogP contribution in [0.5, 0.6) is 0 Å². The van der Waals surface area contributed by atoms with Crippen molar-refractivity contribution < 1.29 is 21.6 Å². The molecule has 0 atom stereocenters. The summed E-state index contributed by atoms with van der Waals surface area (Å²) in [4.78, 5) is -1.13. The Morgan fingerprint density at radius 1 is 1.14 bits per heavy atom. The molecular formula is C13H19F3N2O2S. The lowest BCUT2D eigenvalue weighted by Gasteiger charge is -2.29. The summed E-state index contributed by atoms with van der Waals surface area (Å²) >= 11 is 0. The molecule has 0 aromatic heterocycles. The fraction of sp³-hybridized carbons (Fsp3) is 0.538. The Hall–Kier alpha value is -1.12. The molecule has 0 radical (unpaired) electrons. The third-order valence-corrected chi connectivity index (χ3v) is 5.23. The van der Waals surface area contributed by atoms with Gasteiger partial charge in [0.25, 0.3) is 0 Å². The molecule has 0 aliphatic heterocycles. The van der Waals surface area contributed by atoms with E-state index in [2.05, 4.69) is 0 Å². The zero-order valence-corrected chi connectivity index (χ0v) is 12.8. The van der Waals surface area contributed by atoms with Gasteiger partial charge in [-0.3, -0.25) is 0 Å². The van der Waals surface area contributed by atoms with E-state index in [0.29, 0.717) is 25.0 Å². The van der Waals surface area contributed by atoms with E-state index < -0.39 is 38.4 Å². The molecule has 0 aliphatic rings. The van der Waals surface area contributed by atoms with Crippen LogP contribution in [0.3, 0.4) is 0 Å². The molecular weight excluding hydrogens is 305 g/mol. The van der Waals surface area contributed by atoms with Crippen molar-refractivity contribution in [3.8, 4) is 0 Å². The molecule has 0 heterocycles. The first-order chi connectivity index (χ1) is 9.79. The van der Waals surface area contributed by atoms with Crippen LogP contribution in [-0.4, -0.2) is 31.9 Å². The van der Waals surface area contributed by atoms with Gasteiger partial charge < -0.3 is 5.73 Å². The van der Waals surface area contributed by atoms with E-state index in [0.717, 1.165) is 4.31 Å². The van der Waals surface area contributed by atoms with Crippen molar-refractivity contribution in [1.29, 1.82) is 0 Å². The molecule has 8 heteroatoms. The number of sulfonamides is 1. The molecule has 120 valence electrons. The van der Waals surface area contributed by atoms with Crippen molar-refractivity contribution >= 4 is 10.0 Å². The second-order valence-corrected chi connectivity index (χ2v) is 6.40. The van der Waals surface area contributed by atoms with E-state index in [1.165, 1.54) is 0 Å². The summed E-state index contributed by atoms with van der Waals surface area (Å²) in [6.45, 7) is 3.49. The Morgan fingerprint density at radius 2 is 1.62 bits per heavy atom. The van der Waals surface area contributed by atoms with E-state index >= 15 is 0 Å². The number of halogens is 3. The molecule has 1 aromatic rings. The standard InChI is InChI=1S/C13H19F3N2O2S/c1-3-10(4-2)18(6-5-17)21(19,20)13-11(15)7-9(14)8-12(13)16/h7-8,10H,3-6,17H2,1-2H3. The van der Waals surface area contributed by atoms with E-state index in [1.54, 1.807) is 13.8 Å². The minimum atomic E-state index is -4.43. The van der Waals surface area contributed by atoms with Crippen LogP contribution in [0.2, 0.25) is 0 Å². The molecule has 1 rings (SSSR count). The molecule has 0 bridgehead atoms. The maximum Gasteiger partial charge on any atom is 0.249 e. The smallest absolute Gasteiger partial charge is 0.249 e. The van der Waals surface area contributed by atoms with Crippen molar-refractivity contribution in [3.05, 3.63) is 29.6 Å². The summed E-state index contributed by atoms with van der Waals surface area (Å²) in [5.41, 5.74) is 5.40. The van der Waals surface area contributed by atoms with Crippen molar-refractivity contribution in [3.63, 3.8) is 0 Å². The molecule has 0 amide bonds. The fourth-order valence-electron chi connectivity index (χ4n) is 2.21. The maximum absolute atomic E-state index is 13.8. The first-order valence-electron chi connectivity index (χ1n) is 6.66. The SMILES string of the molecule is CCC(CC)N(CCN)S(=O)(=O)c1c(F)cc(F)cc1F. The summed E-state index contributed by atoms with van der Waals surface area (Å²) in [6, 6.07) is 0.273. The summed E-state index contributed by atoms with van der Waals surface area (Å²) < 4.78 is 66.4. The van der Waals surface area contributed by atoms with Gasteiger partial charge in [0, 0.05) is 31.3 Å². The number of hydrogen-bond acceptors (Lipinski definition) is 3. The topological polar surface area (TPSA) is 63.4 Å². The second-order valence-electron chi connectivity index (χ2n) is 4.57. The molecule has 0 unspecified atom stereocenters. The van der Waals surface area contributed by atoms with Crippen LogP contribution in [-0.2, 0) is 10.0 Å². The van der Waals surface area contributed by atoms with Crippen LogP contribution in [0, 0.1) is 17.5 Å². The van der Waals surface area contributed by atoms with Crippen molar-refractivity contribution in [2.75, 3.05) is 13.1 Å². The predicted molar refractivity (Wildman–Crippen MR) is 73.6 cm³/mol. The third kappa shape index (κ3) is 3.75. The van der Waals surface area contributed by atoms with Crippen molar-refractivity contribution in [2.45, 2.75) is 37.6 Å². The highest BCUT2D eigenvalue weighted by molar-refractivity contribution is 7.89. The fourth-order valence-corrected chi connectivity index (χ4v) is 4.10. The van der Waals surface area contributed by atoms with Gasteiger partial charge in [-0.25, -0.2) is 21.6 Å². The van der Waals surface area contributed by atoms with E-state index in [9.17, 15) is 21.6 Å². The highest BCUT2D eigenvalue weighted by atomic mass is 32.2. The largest absolute Gasteiger partial charge is 0.329 e. The average molecular weight is 324 g/mol.